The molecule has 3 atom stereocenters. The van der Waals surface area contributed by atoms with E-state index in [0.717, 1.165) is 45.1 Å². The number of hydrogen-bond acceptors (Lipinski definition) is 2. The van der Waals surface area contributed by atoms with Crippen molar-refractivity contribution in [2.45, 2.75) is 57.3 Å². The molecular formula is C12H21O3. The zero-order valence-corrected chi connectivity index (χ0v) is 9.32. The Morgan fingerprint density at radius 1 is 1.13 bits per heavy atom. The average Bonchev–Trinajstić information content (AvgIpc) is 2.31. The Morgan fingerprint density at radius 2 is 2.07 bits per heavy atom. The maximum atomic E-state index is 10.8. The van der Waals surface area contributed by atoms with E-state index in [4.69, 9.17) is 9.47 Å². The second kappa shape index (κ2) is 5.83. The molecule has 0 spiro atoms. The summed E-state index contributed by atoms with van der Waals surface area (Å²) in [6.07, 6.45) is 7.98. The quantitative estimate of drug-likeness (QED) is 0.722. The molecule has 1 aliphatic carbocycles. The summed E-state index contributed by atoms with van der Waals surface area (Å²) < 4.78 is 11.5. The predicted octanol–water partition coefficient (Wildman–Crippen LogP) is 2.52. The second-order valence-corrected chi connectivity index (χ2v) is 4.75. The van der Waals surface area contributed by atoms with E-state index in [9.17, 15) is 5.11 Å². The maximum Gasteiger partial charge on any atom is 0.157 e. The van der Waals surface area contributed by atoms with Crippen molar-refractivity contribution in [2.24, 2.45) is 5.92 Å². The number of rotatable bonds is 3. The molecule has 1 saturated carbocycles. The van der Waals surface area contributed by atoms with Crippen LogP contribution in [0.5, 0.6) is 0 Å². The summed E-state index contributed by atoms with van der Waals surface area (Å²) in [5.41, 5.74) is 0. The first-order chi connectivity index (χ1) is 7.38. The van der Waals surface area contributed by atoms with Crippen LogP contribution in [-0.2, 0) is 14.6 Å². The van der Waals surface area contributed by atoms with Crippen LogP contribution in [0.15, 0.2) is 0 Å². The monoisotopic (exact) mass is 213 g/mol. The molecule has 1 saturated heterocycles. The van der Waals surface area contributed by atoms with Crippen LogP contribution in [0.1, 0.15) is 44.9 Å². The molecule has 1 aliphatic heterocycles. The van der Waals surface area contributed by atoms with Gasteiger partial charge in [0.05, 0.1) is 12.7 Å². The molecule has 2 fully saturated rings. The molecule has 0 bridgehead atoms. The van der Waals surface area contributed by atoms with E-state index in [1.54, 1.807) is 0 Å². The summed E-state index contributed by atoms with van der Waals surface area (Å²) in [4.78, 5) is 0. The van der Waals surface area contributed by atoms with Crippen LogP contribution in [0.4, 0.5) is 0 Å². The van der Waals surface area contributed by atoms with Gasteiger partial charge >= 0.3 is 0 Å². The van der Waals surface area contributed by atoms with Crippen LogP contribution in [0.25, 0.3) is 0 Å². The zero-order valence-electron chi connectivity index (χ0n) is 9.32. The largest absolute Gasteiger partial charge is 0.353 e. The lowest BCUT2D eigenvalue weighted by Gasteiger charge is -2.32. The van der Waals surface area contributed by atoms with Crippen LogP contribution < -0.4 is 0 Å². The summed E-state index contributed by atoms with van der Waals surface area (Å²) in [6, 6.07) is 0. The molecule has 1 unspecified atom stereocenters. The molecular weight excluding hydrogens is 192 g/mol. The lowest BCUT2D eigenvalue weighted by atomic mass is 9.88. The molecule has 15 heavy (non-hydrogen) atoms. The number of ether oxygens (including phenoxy) is 2. The second-order valence-electron chi connectivity index (χ2n) is 4.75. The molecule has 0 N–H and O–H groups in total. The van der Waals surface area contributed by atoms with E-state index < -0.39 is 0 Å². The Labute approximate surface area is 91.8 Å². The smallest absolute Gasteiger partial charge is 0.157 e. The third-order valence-corrected chi connectivity index (χ3v) is 3.45. The standard InChI is InChI=1S/C12H21O3/c13-9-10-4-3-5-11(8-10)15-12-6-1-2-7-14-12/h10-12H,1-9H2/t10-,11+,12?/m1/s1. The van der Waals surface area contributed by atoms with Gasteiger partial charge in [0.25, 0.3) is 0 Å². The Balaban J connectivity index is 1.72. The highest BCUT2D eigenvalue weighted by Gasteiger charge is 2.26. The van der Waals surface area contributed by atoms with E-state index >= 15 is 0 Å². The molecule has 0 amide bonds. The van der Waals surface area contributed by atoms with Gasteiger partial charge in [-0.25, -0.2) is 5.11 Å². The van der Waals surface area contributed by atoms with Crippen LogP contribution in [0.2, 0.25) is 0 Å². The highest BCUT2D eigenvalue weighted by atomic mass is 16.7. The number of hydrogen-bond donors (Lipinski definition) is 0. The van der Waals surface area contributed by atoms with Crippen molar-refractivity contribution in [3.63, 3.8) is 0 Å². The van der Waals surface area contributed by atoms with Crippen LogP contribution >= 0.6 is 0 Å². The molecule has 87 valence electrons. The summed E-state index contributed by atoms with van der Waals surface area (Å²) in [6.45, 7) is 0.897. The fourth-order valence-electron chi connectivity index (χ4n) is 2.55. The van der Waals surface area contributed by atoms with Crippen LogP contribution in [-0.4, -0.2) is 25.6 Å². The van der Waals surface area contributed by atoms with Gasteiger partial charge in [-0.15, -0.1) is 0 Å². The first-order valence-corrected chi connectivity index (χ1v) is 6.23. The molecule has 3 heteroatoms. The van der Waals surface area contributed by atoms with E-state index in [1.165, 1.54) is 6.42 Å². The topological polar surface area (TPSA) is 38.4 Å². The molecule has 1 radical (unpaired) electrons. The minimum absolute atomic E-state index is 0.00847. The maximum absolute atomic E-state index is 10.8. The van der Waals surface area contributed by atoms with Gasteiger partial charge in [-0.05, 0) is 44.4 Å². The molecule has 3 nitrogen and oxygen atoms in total. The molecule has 0 aromatic carbocycles. The lowest BCUT2D eigenvalue weighted by Crippen LogP contribution is -2.31. The summed E-state index contributed by atoms with van der Waals surface area (Å²) in [5, 5.41) is 10.8. The fourth-order valence-corrected chi connectivity index (χ4v) is 2.55. The Bertz CT molecular complexity index is 178. The van der Waals surface area contributed by atoms with E-state index in [1.807, 2.05) is 0 Å². The van der Waals surface area contributed by atoms with Crippen molar-refractivity contribution in [1.29, 1.82) is 0 Å². The molecule has 0 aromatic rings. The highest BCUT2D eigenvalue weighted by Crippen LogP contribution is 2.28. The van der Waals surface area contributed by atoms with Gasteiger partial charge in [-0.1, -0.05) is 6.42 Å². The summed E-state index contributed by atoms with van der Waals surface area (Å²) in [5.74, 6) is 0.340. The van der Waals surface area contributed by atoms with Crippen molar-refractivity contribution in [1.82, 2.24) is 0 Å². The fraction of sp³-hybridized carbons (Fsp3) is 1.00. The SMILES string of the molecule is [O]C[C@@H]1CCC[C@H](OC2CCCCO2)C1. The average molecular weight is 213 g/mol. The molecule has 2 rings (SSSR count). The van der Waals surface area contributed by atoms with Crippen molar-refractivity contribution < 1.29 is 14.6 Å². The molecule has 2 aliphatic rings. The predicted molar refractivity (Wildman–Crippen MR) is 56.0 cm³/mol. The summed E-state index contributed by atoms with van der Waals surface area (Å²) in [7, 11) is 0. The van der Waals surface area contributed by atoms with Crippen molar-refractivity contribution in [3.05, 3.63) is 0 Å². The van der Waals surface area contributed by atoms with Crippen LogP contribution in [0.3, 0.4) is 0 Å². The molecule has 1 heterocycles. The van der Waals surface area contributed by atoms with Crippen molar-refractivity contribution >= 4 is 0 Å². The van der Waals surface area contributed by atoms with Gasteiger partial charge in [0, 0.05) is 6.61 Å². The van der Waals surface area contributed by atoms with E-state index in [2.05, 4.69) is 0 Å². The van der Waals surface area contributed by atoms with Gasteiger partial charge in [0.15, 0.2) is 6.29 Å². The van der Waals surface area contributed by atoms with Gasteiger partial charge < -0.3 is 9.47 Å². The molecule has 0 aromatic heterocycles. The van der Waals surface area contributed by atoms with Crippen LogP contribution in [0, 0.1) is 5.92 Å². The third kappa shape index (κ3) is 3.44. The first-order valence-electron chi connectivity index (χ1n) is 6.23. The van der Waals surface area contributed by atoms with Gasteiger partial charge in [-0.3, -0.25) is 0 Å². The minimum atomic E-state index is 0.00847. The van der Waals surface area contributed by atoms with E-state index in [-0.39, 0.29) is 19.0 Å². The third-order valence-electron chi connectivity index (χ3n) is 3.45. The van der Waals surface area contributed by atoms with E-state index in [0.29, 0.717) is 5.92 Å². The Hall–Kier alpha value is -0.120. The van der Waals surface area contributed by atoms with Gasteiger partial charge in [0.1, 0.15) is 0 Å². The van der Waals surface area contributed by atoms with Crippen molar-refractivity contribution in [2.75, 3.05) is 13.2 Å². The minimum Gasteiger partial charge on any atom is -0.353 e. The summed E-state index contributed by atoms with van der Waals surface area (Å²) >= 11 is 0. The van der Waals surface area contributed by atoms with Gasteiger partial charge in [-0.2, -0.15) is 0 Å². The van der Waals surface area contributed by atoms with Gasteiger partial charge in [0.2, 0.25) is 0 Å². The Morgan fingerprint density at radius 3 is 2.80 bits per heavy atom. The normalized spacial score (nSPS) is 37.8. The first kappa shape index (κ1) is 11.4. The highest BCUT2D eigenvalue weighted by molar-refractivity contribution is 4.73. The zero-order chi connectivity index (χ0) is 10.5. The Kier molecular flexibility index (Phi) is 4.42. The lowest BCUT2D eigenvalue weighted by molar-refractivity contribution is -0.197. The van der Waals surface area contributed by atoms with Crippen molar-refractivity contribution in [3.8, 4) is 0 Å².